The molecule has 1 aromatic heterocycles. The van der Waals surface area contributed by atoms with E-state index in [9.17, 15) is 9.59 Å². The van der Waals surface area contributed by atoms with Crippen molar-refractivity contribution in [3.63, 3.8) is 0 Å². The fourth-order valence-electron chi connectivity index (χ4n) is 3.78. The van der Waals surface area contributed by atoms with E-state index in [1.165, 1.54) is 25.6 Å². The van der Waals surface area contributed by atoms with Crippen LogP contribution in [0.2, 0.25) is 0 Å². The molecule has 0 fully saturated rings. The van der Waals surface area contributed by atoms with Crippen molar-refractivity contribution in [3.8, 4) is 11.5 Å². The Morgan fingerprint density at radius 2 is 1.81 bits per heavy atom. The third kappa shape index (κ3) is 4.13. The lowest BCUT2D eigenvalue weighted by molar-refractivity contribution is 0.103. The first-order valence-electron chi connectivity index (χ1n) is 10.2. The molecular formula is C24H24N2O5S. The first-order valence-corrected chi connectivity index (χ1v) is 11.0. The summed E-state index contributed by atoms with van der Waals surface area (Å²) >= 11 is 1.24. The molecule has 3 aromatic rings. The molecule has 7 nitrogen and oxygen atoms in total. The summed E-state index contributed by atoms with van der Waals surface area (Å²) < 4.78 is 16.1. The number of ether oxygens (including phenoxy) is 3. The number of nitrogens with two attached hydrogens (primary N) is 1. The van der Waals surface area contributed by atoms with E-state index in [2.05, 4.69) is 0 Å². The zero-order chi connectivity index (χ0) is 22.7. The number of nitrogens with zero attached hydrogens (tertiary/aromatic N) is 1. The number of nitrogen functional groups attached to an aromatic ring is 1. The molecule has 0 spiro atoms. The van der Waals surface area contributed by atoms with Gasteiger partial charge < -0.3 is 19.9 Å². The third-order valence-electron chi connectivity index (χ3n) is 5.36. The Morgan fingerprint density at radius 1 is 1.06 bits per heavy atom. The molecule has 0 unspecified atom stereocenters. The fraction of sp³-hybridized carbons (Fsp3) is 0.250. The lowest BCUT2D eigenvalue weighted by atomic mass is 9.96. The number of thiophene rings is 1. The number of anilines is 2. The van der Waals surface area contributed by atoms with Gasteiger partial charge >= 0.3 is 6.09 Å². The van der Waals surface area contributed by atoms with Crippen molar-refractivity contribution in [2.45, 2.75) is 19.4 Å². The summed E-state index contributed by atoms with van der Waals surface area (Å²) in [7, 11) is 3.06. The number of methoxy groups -OCH3 is 2. The van der Waals surface area contributed by atoms with Gasteiger partial charge in [-0.3, -0.25) is 9.69 Å². The minimum Gasteiger partial charge on any atom is -0.493 e. The quantitative estimate of drug-likeness (QED) is 0.547. The largest absolute Gasteiger partial charge is 0.493 e. The molecule has 166 valence electrons. The summed E-state index contributed by atoms with van der Waals surface area (Å²) in [4.78, 5) is 27.7. The zero-order valence-electron chi connectivity index (χ0n) is 17.9. The monoisotopic (exact) mass is 452 g/mol. The van der Waals surface area contributed by atoms with Crippen LogP contribution < -0.4 is 20.1 Å². The molecular weight excluding hydrogens is 428 g/mol. The maximum Gasteiger partial charge on any atom is 0.415 e. The number of ketones is 1. The van der Waals surface area contributed by atoms with Crippen LogP contribution in [0.1, 0.15) is 33.5 Å². The summed E-state index contributed by atoms with van der Waals surface area (Å²) in [5.74, 6) is 0.796. The van der Waals surface area contributed by atoms with Crippen molar-refractivity contribution in [1.82, 2.24) is 0 Å². The van der Waals surface area contributed by atoms with Gasteiger partial charge in [-0.25, -0.2) is 4.79 Å². The number of fused-ring (bicyclic) bond motifs is 1. The van der Waals surface area contributed by atoms with Crippen LogP contribution in [0.15, 0.2) is 48.5 Å². The minimum absolute atomic E-state index is 0.184. The predicted octanol–water partition coefficient (Wildman–Crippen LogP) is 4.67. The van der Waals surface area contributed by atoms with Crippen LogP contribution in [-0.2, 0) is 17.8 Å². The van der Waals surface area contributed by atoms with Gasteiger partial charge in [0.05, 0.1) is 24.8 Å². The van der Waals surface area contributed by atoms with Crippen molar-refractivity contribution in [2.24, 2.45) is 0 Å². The highest BCUT2D eigenvalue weighted by molar-refractivity contribution is 7.20. The van der Waals surface area contributed by atoms with Crippen LogP contribution in [-0.4, -0.2) is 32.6 Å². The molecule has 0 bridgehead atoms. The second-order valence-electron chi connectivity index (χ2n) is 7.32. The summed E-state index contributed by atoms with van der Waals surface area (Å²) in [5.41, 5.74) is 8.86. The predicted molar refractivity (Wildman–Crippen MR) is 124 cm³/mol. The molecule has 2 aromatic carbocycles. The molecule has 2 N–H and O–H groups in total. The molecule has 0 saturated heterocycles. The molecule has 1 amide bonds. The Hall–Kier alpha value is -3.52. The molecule has 0 atom stereocenters. The average molecular weight is 453 g/mol. The van der Waals surface area contributed by atoms with Gasteiger partial charge in [-0.2, -0.15) is 0 Å². The molecule has 1 aliphatic rings. The number of benzene rings is 2. The SMILES string of the molecule is COc1ccc(C(=O)c2c(N)sc3c2CCCN3C(=O)OCc2ccccc2)cc1OC. The van der Waals surface area contributed by atoms with E-state index >= 15 is 0 Å². The highest BCUT2D eigenvalue weighted by Gasteiger charge is 2.32. The maximum atomic E-state index is 13.4. The van der Waals surface area contributed by atoms with Crippen LogP contribution in [0.5, 0.6) is 11.5 Å². The standard InChI is InChI=1S/C24H24N2O5S/c1-29-18-11-10-16(13-19(18)30-2)21(27)20-17-9-6-12-26(23(17)32-22(20)25)24(28)31-14-15-7-4-3-5-8-15/h3-5,7-8,10-11,13H,6,9,12,14,25H2,1-2H3. The maximum absolute atomic E-state index is 13.4. The van der Waals surface area contributed by atoms with Gasteiger partial charge in [0.2, 0.25) is 0 Å². The minimum atomic E-state index is -0.443. The molecule has 2 heterocycles. The highest BCUT2D eigenvalue weighted by Crippen LogP contribution is 2.43. The molecule has 32 heavy (non-hydrogen) atoms. The van der Waals surface area contributed by atoms with E-state index in [0.29, 0.717) is 45.6 Å². The summed E-state index contributed by atoms with van der Waals surface area (Å²) in [5, 5.41) is 1.06. The number of amides is 1. The average Bonchev–Trinajstić information content (AvgIpc) is 3.17. The third-order valence-corrected chi connectivity index (χ3v) is 6.45. The molecule has 0 aliphatic carbocycles. The lowest BCUT2D eigenvalue weighted by Crippen LogP contribution is -2.35. The molecule has 0 radical (unpaired) electrons. The van der Waals surface area contributed by atoms with Gasteiger partial charge in [0, 0.05) is 17.7 Å². The van der Waals surface area contributed by atoms with E-state index in [0.717, 1.165) is 17.5 Å². The second-order valence-corrected chi connectivity index (χ2v) is 8.35. The second kappa shape index (κ2) is 9.32. The van der Waals surface area contributed by atoms with E-state index in [1.54, 1.807) is 23.1 Å². The van der Waals surface area contributed by atoms with Crippen LogP contribution >= 0.6 is 11.3 Å². The van der Waals surface area contributed by atoms with E-state index < -0.39 is 6.09 Å². The number of hydrogen-bond donors (Lipinski definition) is 1. The Bertz CT molecular complexity index is 1140. The van der Waals surface area contributed by atoms with Gasteiger partial charge in [-0.15, -0.1) is 0 Å². The van der Waals surface area contributed by atoms with Crippen molar-refractivity contribution in [2.75, 3.05) is 31.4 Å². The van der Waals surface area contributed by atoms with Gasteiger partial charge in [0.1, 0.15) is 11.6 Å². The van der Waals surface area contributed by atoms with Crippen molar-refractivity contribution >= 4 is 33.2 Å². The van der Waals surface area contributed by atoms with Gasteiger partial charge in [-0.1, -0.05) is 41.7 Å². The van der Waals surface area contributed by atoms with Gasteiger partial charge in [0.25, 0.3) is 0 Å². The first kappa shape index (κ1) is 21.7. The summed E-state index contributed by atoms with van der Waals surface area (Å²) in [6, 6.07) is 14.5. The van der Waals surface area contributed by atoms with Crippen LogP contribution in [0.4, 0.5) is 14.8 Å². The number of carbonyl (C=O) groups excluding carboxylic acids is 2. The Balaban J connectivity index is 1.60. The summed E-state index contributed by atoms with van der Waals surface area (Å²) in [6.45, 7) is 0.703. The van der Waals surface area contributed by atoms with E-state index in [4.69, 9.17) is 19.9 Å². The summed E-state index contributed by atoms with van der Waals surface area (Å²) in [6.07, 6.45) is 0.941. The van der Waals surface area contributed by atoms with Crippen LogP contribution in [0.25, 0.3) is 0 Å². The smallest absolute Gasteiger partial charge is 0.415 e. The molecule has 0 saturated carbocycles. The molecule has 8 heteroatoms. The van der Waals surface area contributed by atoms with Crippen LogP contribution in [0.3, 0.4) is 0 Å². The lowest BCUT2D eigenvalue weighted by Gasteiger charge is -2.26. The number of hydrogen-bond acceptors (Lipinski definition) is 7. The fourth-order valence-corrected chi connectivity index (χ4v) is 4.91. The zero-order valence-corrected chi connectivity index (χ0v) is 18.7. The first-order chi connectivity index (χ1) is 15.5. The molecule has 1 aliphatic heterocycles. The van der Waals surface area contributed by atoms with Gasteiger partial charge in [-0.05, 0) is 36.6 Å². The number of rotatable bonds is 6. The van der Waals surface area contributed by atoms with E-state index in [1.807, 2.05) is 30.3 Å². The Morgan fingerprint density at radius 3 is 2.53 bits per heavy atom. The van der Waals surface area contributed by atoms with Crippen LogP contribution in [0, 0.1) is 0 Å². The Labute approximate surface area is 190 Å². The van der Waals surface area contributed by atoms with Crippen molar-refractivity contribution in [1.29, 1.82) is 0 Å². The van der Waals surface area contributed by atoms with Crippen molar-refractivity contribution in [3.05, 3.63) is 70.8 Å². The highest BCUT2D eigenvalue weighted by atomic mass is 32.1. The van der Waals surface area contributed by atoms with Crippen molar-refractivity contribution < 1.29 is 23.8 Å². The van der Waals surface area contributed by atoms with E-state index in [-0.39, 0.29) is 12.4 Å². The van der Waals surface area contributed by atoms with Gasteiger partial charge in [0.15, 0.2) is 17.3 Å². The normalized spacial score (nSPS) is 12.8. The Kier molecular flexibility index (Phi) is 6.32. The number of carbonyl (C=O) groups is 2. The molecule has 4 rings (SSSR count). The topological polar surface area (TPSA) is 91.1 Å².